The van der Waals surface area contributed by atoms with E-state index in [4.69, 9.17) is 9.47 Å². The summed E-state index contributed by atoms with van der Waals surface area (Å²) in [7, 11) is 0. The van der Waals surface area contributed by atoms with Crippen molar-refractivity contribution >= 4 is 17.7 Å². The average molecular weight is 258 g/mol. The number of ether oxygens (including phenoxy) is 2. The highest BCUT2D eigenvalue weighted by atomic mass is 16.6. The molecule has 18 heavy (non-hydrogen) atoms. The minimum absolute atomic E-state index is 0.159. The molecule has 5 heteroatoms. The molecule has 0 fully saturated rings. The molecule has 0 amide bonds. The number of esters is 2. The first-order valence-corrected chi connectivity index (χ1v) is 6.19. The summed E-state index contributed by atoms with van der Waals surface area (Å²) in [6.07, 6.45) is 0.366. The summed E-state index contributed by atoms with van der Waals surface area (Å²) >= 11 is 0. The molecule has 1 atom stereocenters. The third-order valence-corrected chi connectivity index (χ3v) is 3.22. The Bertz CT molecular complexity index is 305. The molecular formula is C13H22O5. The van der Waals surface area contributed by atoms with E-state index >= 15 is 0 Å². The third-order valence-electron chi connectivity index (χ3n) is 3.22. The monoisotopic (exact) mass is 258 g/mol. The summed E-state index contributed by atoms with van der Waals surface area (Å²) in [6.45, 7) is 8.34. The Balaban J connectivity index is 5.37. The van der Waals surface area contributed by atoms with Crippen LogP contribution in [0.4, 0.5) is 0 Å². The van der Waals surface area contributed by atoms with E-state index < -0.39 is 23.3 Å². The summed E-state index contributed by atoms with van der Waals surface area (Å²) in [5.74, 6) is -2.82. The number of ketones is 1. The van der Waals surface area contributed by atoms with Gasteiger partial charge in [-0.15, -0.1) is 0 Å². The number of hydrogen-bond donors (Lipinski definition) is 0. The second kappa shape index (κ2) is 7.13. The molecular weight excluding hydrogens is 236 g/mol. The number of rotatable bonds is 7. The minimum Gasteiger partial charge on any atom is -0.465 e. The zero-order valence-corrected chi connectivity index (χ0v) is 11.7. The van der Waals surface area contributed by atoms with E-state index in [0.717, 1.165) is 0 Å². The summed E-state index contributed by atoms with van der Waals surface area (Å²) in [5.41, 5.74) is -1.08. The summed E-state index contributed by atoms with van der Waals surface area (Å²) in [4.78, 5) is 35.5. The van der Waals surface area contributed by atoms with Crippen LogP contribution >= 0.6 is 0 Å². The molecule has 0 saturated carbocycles. The number of carbonyl (C=O) groups is 3. The first kappa shape index (κ1) is 16.6. The van der Waals surface area contributed by atoms with Crippen molar-refractivity contribution in [2.24, 2.45) is 11.3 Å². The van der Waals surface area contributed by atoms with Crippen molar-refractivity contribution in [3.05, 3.63) is 0 Å². The zero-order chi connectivity index (χ0) is 14.3. The van der Waals surface area contributed by atoms with Gasteiger partial charge in [-0.3, -0.25) is 14.4 Å². The van der Waals surface area contributed by atoms with Crippen LogP contribution in [-0.4, -0.2) is 30.9 Å². The fourth-order valence-corrected chi connectivity index (χ4v) is 1.72. The Morgan fingerprint density at radius 2 is 1.39 bits per heavy atom. The molecule has 0 aliphatic carbocycles. The van der Waals surface area contributed by atoms with Crippen LogP contribution in [0.3, 0.4) is 0 Å². The minimum atomic E-state index is -1.19. The lowest BCUT2D eigenvalue weighted by Crippen LogP contribution is -2.45. The molecule has 5 nitrogen and oxygen atoms in total. The third kappa shape index (κ3) is 3.55. The van der Waals surface area contributed by atoms with Crippen LogP contribution in [0, 0.1) is 11.3 Å². The van der Waals surface area contributed by atoms with Gasteiger partial charge in [0.25, 0.3) is 0 Å². The second-order valence-electron chi connectivity index (χ2n) is 4.26. The van der Waals surface area contributed by atoms with Gasteiger partial charge in [0.15, 0.2) is 5.92 Å². The summed E-state index contributed by atoms with van der Waals surface area (Å²) < 4.78 is 9.76. The molecule has 0 heterocycles. The number of Topliss-reactive ketones (excluding diaryl/α,β-unsaturated/α-hetero) is 1. The summed E-state index contributed by atoms with van der Waals surface area (Å²) in [6, 6.07) is 0. The van der Waals surface area contributed by atoms with Crippen molar-refractivity contribution in [3.63, 3.8) is 0 Å². The van der Waals surface area contributed by atoms with Crippen molar-refractivity contribution < 1.29 is 23.9 Å². The first-order valence-electron chi connectivity index (χ1n) is 6.19. The molecule has 0 N–H and O–H groups in total. The molecule has 0 aromatic rings. The van der Waals surface area contributed by atoms with Crippen LogP contribution < -0.4 is 0 Å². The number of hydrogen-bond acceptors (Lipinski definition) is 5. The van der Waals surface area contributed by atoms with E-state index in [1.165, 1.54) is 6.92 Å². The molecule has 0 aromatic heterocycles. The van der Waals surface area contributed by atoms with Crippen molar-refractivity contribution in [3.8, 4) is 0 Å². The lowest BCUT2D eigenvalue weighted by Gasteiger charge is -2.31. The molecule has 104 valence electrons. The fraction of sp³-hybridized carbons (Fsp3) is 0.769. The van der Waals surface area contributed by atoms with Gasteiger partial charge in [-0.05, 0) is 27.2 Å². The van der Waals surface area contributed by atoms with Crippen LogP contribution in [0.1, 0.15) is 41.0 Å². The molecule has 0 aliphatic rings. The van der Waals surface area contributed by atoms with Gasteiger partial charge in [0.1, 0.15) is 5.78 Å². The Morgan fingerprint density at radius 1 is 1.00 bits per heavy atom. The molecule has 0 bridgehead atoms. The standard InChI is InChI=1S/C13H22O5/c1-6-13(5,9(4)14)10(11(15)17-7-2)12(16)18-8-3/h10H,6-8H2,1-5H3. The average Bonchev–Trinajstić information content (AvgIpc) is 2.29. The van der Waals surface area contributed by atoms with Crippen LogP contribution in [0.15, 0.2) is 0 Å². The van der Waals surface area contributed by atoms with Gasteiger partial charge in [0, 0.05) is 5.41 Å². The lowest BCUT2D eigenvalue weighted by molar-refractivity contribution is -0.170. The van der Waals surface area contributed by atoms with Crippen molar-refractivity contribution in [2.75, 3.05) is 13.2 Å². The van der Waals surface area contributed by atoms with Crippen molar-refractivity contribution in [1.82, 2.24) is 0 Å². The van der Waals surface area contributed by atoms with Crippen molar-refractivity contribution in [2.45, 2.75) is 41.0 Å². The smallest absolute Gasteiger partial charge is 0.321 e. The molecule has 0 aliphatic heterocycles. The van der Waals surface area contributed by atoms with Gasteiger partial charge in [0.2, 0.25) is 0 Å². The van der Waals surface area contributed by atoms with Gasteiger partial charge in [0.05, 0.1) is 13.2 Å². The quantitative estimate of drug-likeness (QED) is 0.514. The molecule has 1 unspecified atom stereocenters. The van der Waals surface area contributed by atoms with E-state index in [0.29, 0.717) is 6.42 Å². The normalized spacial score (nSPS) is 13.9. The highest BCUT2D eigenvalue weighted by Crippen LogP contribution is 2.34. The van der Waals surface area contributed by atoms with Gasteiger partial charge in [-0.25, -0.2) is 0 Å². The molecule has 0 rings (SSSR count). The largest absolute Gasteiger partial charge is 0.465 e. The predicted molar refractivity (Wildman–Crippen MR) is 65.8 cm³/mol. The zero-order valence-electron chi connectivity index (χ0n) is 11.7. The summed E-state index contributed by atoms with van der Waals surface area (Å²) in [5, 5.41) is 0. The SMILES string of the molecule is CCOC(=O)C(C(=O)OCC)C(C)(CC)C(C)=O. The Labute approximate surface area is 108 Å². The maximum absolute atomic E-state index is 11.9. The maximum Gasteiger partial charge on any atom is 0.321 e. The van der Waals surface area contributed by atoms with Gasteiger partial charge in [-0.1, -0.05) is 13.8 Å². The van der Waals surface area contributed by atoms with Crippen LogP contribution in [0.2, 0.25) is 0 Å². The first-order chi connectivity index (χ1) is 8.34. The maximum atomic E-state index is 11.9. The Kier molecular flexibility index (Phi) is 6.58. The Morgan fingerprint density at radius 3 is 1.61 bits per heavy atom. The highest BCUT2D eigenvalue weighted by Gasteiger charge is 2.48. The van der Waals surface area contributed by atoms with E-state index in [9.17, 15) is 14.4 Å². The van der Waals surface area contributed by atoms with Crippen LogP contribution in [0.25, 0.3) is 0 Å². The van der Waals surface area contributed by atoms with Crippen LogP contribution in [0.5, 0.6) is 0 Å². The predicted octanol–water partition coefficient (Wildman–Crippen LogP) is 1.73. The van der Waals surface area contributed by atoms with Crippen molar-refractivity contribution in [1.29, 1.82) is 0 Å². The Hall–Kier alpha value is -1.39. The van der Waals surface area contributed by atoms with E-state index in [-0.39, 0.29) is 19.0 Å². The lowest BCUT2D eigenvalue weighted by atomic mass is 9.72. The van der Waals surface area contributed by atoms with E-state index in [2.05, 4.69) is 0 Å². The van der Waals surface area contributed by atoms with Crippen LogP contribution in [-0.2, 0) is 23.9 Å². The molecule has 0 aromatic carbocycles. The van der Waals surface area contributed by atoms with Gasteiger partial charge >= 0.3 is 11.9 Å². The van der Waals surface area contributed by atoms with Gasteiger partial charge in [-0.2, -0.15) is 0 Å². The molecule has 0 saturated heterocycles. The molecule has 0 radical (unpaired) electrons. The fourth-order valence-electron chi connectivity index (χ4n) is 1.72. The topological polar surface area (TPSA) is 69.7 Å². The number of carbonyl (C=O) groups excluding carboxylic acids is 3. The van der Waals surface area contributed by atoms with E-state index in [1.54, 1.807) is 27.7 Å². The second-order valence-corrected chi connectivity index (χ2v) is 4.26. The molecule has 0 spiro atoms. The van der Waals surface area contributed by atoms with E-state index in [1.807, 2.05) is 0 Å². The van der Waals surface area contributed by atoms with Gasteiger partial charge < -0.3 is 9.47 Å². The highest BCUT2D eigenvalue weighted by molar-refractivity contribution is 6.01.